The summed E-state index contributed by atoms with van der Waals surface area (Å²) in [6.45, 7) is 5.56. The minimum Gasteiger partial charge on any atom is -0.421 e. The van der Waals surface area contributed by atoms with Gasteiger partial charge in [0.25, 0.3) is 0 Å². The summed E-state index contributed by atoms with van der Waals surface area (Å²) in [4.78, 5) is 17.4. The van der Waals surface area contributed by atoms with Crippen LogP contribution in [0.1, 0.15) is 25.2 Å². The number of aromatic nitrogens is 2. The van der Waals surface area contributed by atoms with E-state index in [0.717, 1.165) is 43.3 Å². The number of aryl methyl sites for hydroxylation is 1. The number of hydrogen-bond acceptors (Lipinski definition) is 7. The number of nitrogens with one attached hydrogen (secondary N) is 1. The fraction of sp³-hybridized carbons (Fsp3) is 0.435. The summed E-state index contributed by atoms with van der Waals surface area (Å²) in [6.07, 6.45) is 3.54. The summed E-state index contributed by atoms with van der Waals surface area (Å²) in [5.41, 5.74) is 2.91. The maximum atomic E-state index is 12.4. The molecular weight excluding hydrogens is 410 g/mol. The van der Waals surface area contributed by atoms with Crippen molar-refractivity contribution in [3.05, 3.63) is 47.0 Å². The molecule has 162 valence electrons. The van der Waals surface area contributed by atoms with E-state index in [1.54, 1.807) is 11.3 Å². The predicted octanol–water partition coefficient (Wildman–Crippen LogP) is 3.90. The number of nitrogens with zero attached hydrogens (tertiary/aromatic N) is 4. The lowest BCUT2D eigenvalue weighted by molar-refractivity contribution is -0.116. The Balaban J connectivity index is 1.11. The minimum atomic E-state index is -0.0540. The molecular formula is C23H27N5O2S. The third-order valence-corrected chi connectivity index (χ3v) is 6.56. The van der Waals surface area contributed by atoms with Crippen LogP contribution in [-0.2, 0) is 11.2 Å². The van der Waals surface area contributed by atoms with Gasteiger partial charge in [-0.25, -0.2) is 0 Å². The fourth-order valence-electron chi connectivity index (χ4n) is 3.94. The van der Waals surface area contributed by atoms with Crippen molar-refractivity contribution in [2.45, 2.75) is 25.7 Å². The van der Waals surface area contributed by atoms with Crippen LogP contribution in [0.4, 0.5) is 11.4 Å². The summed E-state index contributed by atoms with van der Waals surface area (Å²) in [7, 11) is 0. The molecule has 7 nitrogen and oxygen atoms in total. The lowest BCUT2D eigenvalue weighted by Crippen LogP contribution is -2.47. The highest BCUT2D eigenvalue weighted by Crippen LogP contribution is 2.30. The SMILES string of the molecule is O=C(CCc1nnc(-c2ccsc2)o1)Nc1cccc(N2CCN(CC3CC3)CC2)c1. The van der Waals surface area contributed by atoms with Crippen molar-refractivity contribution < 1.29 is 9.21 Å². The number of carbonyl (C=O) groups excluding carboxylic acids is 1. The molecule has 2 aromatic heterocycles. The molecule has 1 saturated heterocycles. The molecule has 0 unspecified atom stereocenters. The number of carbonyl (C=O) groups is 1. The smallest absolute Gasteiger partial charge is 0.248 e. The van der Waals surface area contributed by atoms with E-state index in [9.17, 15) is 4.79 Å². The molecule has 0 radical (unpaired) electrons. The van der Waals surface area contributed by atoms with Crippen LogP contribution in [0, 0.1) is 5.92 Å². The van der Waals surface area contributed by atoms with Crippen LogP contribution in [0.25, 0.3) is 11.5 Å². The quantitative estimate of drug-likeness (QED) is 0.576. The summed E-state index contributed by atoms with van der Waals surface area (Å²) in [6, 6.07) is 10.1. The Morgan fingerprint density at radius 1 is 1.16 bits per heavy atom. The van der Waals surface area contributed by atoms with Crippen molar-refractivity contribution >= 4 is 28.6 Å². The lowest BCUT2D eigenvalue weighted by Gasteiger charge is -2.36. The van der Waals surface area contributed by atoms with Crippen LogP contribution in [0.2, 0.25) is 0 Å². The number of piperazine rings is 1. The number of benzene rings is 1. The molecule has 2 fully saturated rings. The Labute approximate surface area is 186 Å². The Morgan fingerprint density at radius 3 is 2.81 bits per heavy atom. The van der Waals surface area contributed by atoms with Crippen LogP contribution in [0.3, 0.4) is 0 Å². The number of amides is 1. The Kier molecular flexibility index (Phi) is 5.99. The zero-order valence-corrected chi connectivity index (χ0v) is 18.3. The molecule has 3 heterocycles. The Hall–Kier alpha value is -2.71. The van der Waals surface area contributed by atoms with E-state index >= 15 is 0 Å². The molecule has 1 amide bonds. The van der Waals surface area contributed by atoms with Crippen LogP contribution >= 0.6 is 11.3 Å². The van der Waals surface area contributed by atoms with Crippen molar-refractivity contribution in [3.63, 3.8) is 0 Å². The van der Waals surface area contributed by atoms with Gasteiger partial charge in [-0.1, -0.05) is 6.07 Å². The molecule has 1 aromatic carbocycles. The first-order valence-electron chi connectivity index (χ1n) is 10.9. The van der Waals surface area contributed by atoms with E-state index in [1.165, 1.54) is 25.1 Å². The summed E-state index contributed by atoms with van der Waals surface area (Å²) < 4.78 is 5.66. The highest BCUT2D eigenvalue weighted by molar-refractivity contribution is 7.08. The van der Waals surface area contributed by atoms with E-state index in [0.29, 0.717) is 24.6 Å². The molecule has 1 aliphatic carbocycles. The van der Waals surface area contributed by atoms with Gasteiger partial charge in [0.15, 0.2) is 0 Å². The summed E-state index contributed by atoms with van der Waals surface area (Å²) in [5, 5.41) is 15.0. The fourth-order valence-corrected chi connectivity index (χ4v) is 4.57. The van der Waals surface area contributed by atoms with Gasteiger partial charge in [-0.3, -0.25) is 9.69 Å². The largest absolute Gasteiger partial charge is 0.421 e. The Bertz CT molecular complexity index is 1010. The van der Waals surface area contributed by atoms with Gasteiger partial charge in [-0.15, -0.1) is 10.2 Å². The lowest BCUT2D eigenvalue weighted by atomic mass is 10.2. The van der Waals surface area contributed by atoms with Gasteiger partial charge in [0.2, 0.25) is 17.7 Å². The molecule has 8 heteroatoms. The molecule has 0 spiro atoms. The molecule has 0 atom stereocenters. The third-order valence-electron chi connectivity index (χ3n) is 5.88. The maximum absolute atomic E-state index is 12.4. The zero-order chi connectivity index (χ0) is 21.0. The average molecular weight is 438 g/mol. The summed E-state index contributed by atoms with van der Waals surface area (Å²) >= 11 is 1.58. The zero-order valence-electron chi connectivity index (χ0n) is 17.5. The van der Waals surface area contributed by atoms with Gasteiger partial charge < -0.3 is 14.6 Å². The van der Waals surface area contributed by atoms with Crippen LogP contribution in [0.5, 0.6) is 0 Å². The van der Waals surface area contributed by atoms with Crippen LogP contribution in [0.15, 0.2) is 45.5 Å². The molecule has 1 aliphatic heterocycles. The molecule has 5 rings (SSSR count). The van der Waals surface area contributed by atoms with Gasteiger partial charge in [0, 0.05) is 67.9 Å². The van der Waals surface area contributed by atoms with Crippen molar-refractivity contribution in [1.29, 1.82) is 0 Å². The van der Waals surface area contributed by atoms with Crippen molar-refractivity contribution in [2.75, 3.05) is 42.9 Å². The van der Waals surface area contributed by atoms with Gasteiger partial charge in [-0.05, 0) is 48.4 Å². The second-order valence-corrected chi connectivity index (χ2v) is 9.12. The number of anilines is 2. The highest BCUT2D eigenvalue weighted by atomic mass is 32.1. The highest BCUT2D eigenvalue weighted by Gasteiger charge is 2.26. The van der Waals surface area contributed by atoms with Gasteiger partial charge in [0.1, 0.15) is 0 Å². The molecule has 31 heavy (non-hydrogen) atoms. The molecule has 1 N–H and O–H groups in total. The first kappa shape index (κ1) is 20.2. The molecule has 0 bridgehead atoms. The van der Waals surface area contributed by atoms with Crippen molar-refractivity contribution in [2.24, 2.45) is 5.92 Å². The van der Waals surface area contributed by atoms with Crippen molar-refractivity contribution in [3.8, 4) is 11.5 Å². The second kappa shape index (κ2) is 9.20. The monoisotopic (exact) mass is 437 g/mol. The second-order valence-electron chi connectivity index (χ2n) is 8.34. The number of rotatable bonds is 8. The van der Waals surface area contributed by atoms with Crippen LogP contribution in [-0.4, -0.2) is 53.7 Å². The maximum Gasteiger partial charge on any atom is 0.248 e. The van der Waals surface area contributed by atoms with E-state index in [1.807, 2.05) is 29.0 Å². The van der Waals surface area contributed by atoms with E-state index in [4.69, 9.17) is 4.42 Å². The molecule has 1 saturated carbocycles. The standard InChI is InChI=1S/C23H27N5O2S/c29-21(6-7-22-25-26-23(30-22)18-8-13-31-16-18)24-19-2-1-3-20(14-19)28-11-9-27(10-12-28)15-17-4-5-17/h1-3,8,13-14,16-17H,4-7,9-12,15H2,(H,24,29). The normalized spacial score (nSPS) is 17.1. The molecule has 2 aliphatic rings. The first-order chi connectivity index (χ1) is 15.2. The average Bonchev–Trinajstić information content (AvgIpc) is 3.25. The summed E-state index contributed by atoms with van der Waals surface area (Å²) in [5.74, 6) is 1.87. The van der Waals surface area contributed by atoms with Gasteiger partial charge in [-0.2, -0.15) is 11.3 Å². The topological polar surface area (TPSA) is 74.5 Å². The first-order valence-corrected chi connectivity index (χ1v) is 11.9. The number of thiophene rings is 1. The van der Waals surface area contributed by atoms with Gasteiger partial charge >= 0.3 is 0 Å². The molecule has 3 aromatic rings. The van der Waals surface area contributed by atoms with Gasteiger partial charge in [0.05, 0.1) is 0 Å². The Morgan fingerprint density at radius 2 is 2.03 bits per heavy atom. The van der Waals surface area contributed by atoms with Crippen molar-refractivity contribution in [1.82, 2.24) is 15.1 Å². The predicted molar refractivity (Wildman–Crippen MR) is 122 cm³/mol. The van der Waals surface area contributed by atoms with E-state index in [2.05, 4.69) is 37.4 Å². The number of hydrogen-bond donors (Lipinski definition) is 1. The van der Waals surface area contributed by atoms with E-state index in [-0.39, 0.29) is 5.91 Å². The third kappa shape index (κ3) is 5.32. The van der Waals surface area contributed by atoms with E-state index < -0.39 is 0 Å². The minimum absolute atomic E-state index is 0.0540. The van der Waals surface area contributed by atoms with Crippen LogP contribution < -0.4 is 10.2 Å².